The molecule has 1 aromatic carbocycles. The smallest absolute Gasteiger partial charge is 0.129 e. The first kappa shape index (κ1) is 7.80. The summed E-state index contributed by atoms with van der Waals surface area (Å²) in [6, 6.07) is 8.65. The van der Waals surface area contributed by atoms with Gasteiger partial charge in [-0.15, -0.1) is 0 Å². The predicted molar refractivity (Wildman–Crippen MR) is 58.7 cm³/mol. The van der Waals surface area contributed by atoms with Crippen molar-refractivity contribution in [2.75, 3.05) is 11.9 Å². The molecule has 0 atom stereocenters. The zero-order valence-electron chi connectivity index (χ0n) is 8.17. The van der Waals surface area contributed by atoms with Crippen molar-refractivity contribution in [1.29, 1.82) is 0 Å². The summed E-state index contributed by atoms with van der Waals surface area (Å²) in [6.07, 6.45) is 1.10. The molecule has 1 aromatic heterocycles. The molecule has 1 aliphatic heterocycles. The molecule has 3 rings (SSSR count). The van der Waals surface area contributed by atoms with E-state index in [9.17, 15) is 0 Å². The fourth-order valence-corrected chi connectivity index (χ4v) is 2.00. The van der Waals surface area contributed by atoms with Crippen LogP contribution >= 0.6 is 0 Å². The minimum atomic E-state index is 1.03. The van der Waals surface area contributed by atoms with Crippen LogP contribution in [0.15, 0.2) is 24.3 Å². The fraction of sp³-hybridized carbons (Fsp3) is 0.250. The molecule has 2 nitrogen and oxygen atoms in total. The third-order valence-electron chi connectivity index (χ3n) is 2.74. The number of aromatic nitrogens is 1. The number of nitrogens with one attached hydrogen (secondary N) is 1. The Morgan fingerprint density at radius 2 is 2.21 bits per heavy atom. The second-order valence-electron chi connectivity index (χ2n) is 3.87. The lowest BCUT2D eigenvalue weighted by Gasteiger charge is -2.03. The van der Waals surface area contributed by atoms with Crippen LogP contribution in [0.3, 0.4) is 0 Å². The second-order valence-corrected chi connectivity index (χ2v) is 3.87. The third kappa shape index (κ3) is 1.07. The van der Waals surface area contributed by atoms with Crippen molar-refractivity contribution >= 4 is 16.7 Å². The van der Waals surface area contributed by atoms with Crippen LogP contribution in [-0.2, 0) is 6.42 Å². The van der Waals surface area contributed by atoms with Crippen LogP contribution in [0.5, 0.6) is 0 Å². The third-order valence-corrected chi connectivity index (χ3v) is 2.74. The minimum Gasteiger partial charge on any atom is -0.369 e. The van der Waals surface area contributed by atoms with E-state index in [1.54, 1.807) is 0 Å². The van der Waals surface area contributed by atoms with Gasteiger partial charge < -0.3 is 5.32 Å². The van der Waals surface area contributed by atoms with E-state index in [1.165, 1.54) is 16.5 Å². The highest BCUT2D eigenvalue weighted by atomic mass is 15.0. The average molecular weight is 184 g/mol. The van der Waals surface area contributed by atoms with Crippen molar-refractivity contribution in [2.45, 2.75) is 13.3 Å². The first-order valence-electron chi connectivity index (χ1n) is 4.97. The molecule has 0 spiro atoms. The summed E-state index contributed by atoms with van der Waals surface area (Å²) >= 11 is 0. The summed E-state index contributed by atoms with van der Waals surface area (Å²) in [5, 5.41) is 4.55. The van der Waals surface area contributed by atoms with Crippen molar-refractivity contribution in [3.63, 3.8) is 0 Å². The van der Waals surface area contributed by atoms with Crippen LogP contribution in [-0.4, -0.2) is 11.5 Å². The lowest BCUT2D eigenvalue weighted by molar-refractivity contribution is 1.11. The molecule has 0 aliphatic carbocycles. The molecule has 1 N–H and O–H groups in total. The Morgan fingerprint density at radius 1 is 1.29 bits per heavy atom. The van der Waals surface area contributed by atoms with E-state index in [4.69, 9.17) is 0 Å². The molecule has 1 aliphatic rings. The van der Waals surface area contributed by atoms with Gasteiger partial charge in [-0.2, -0.15) is 0 Å². The van der Waals surface area contributed by atoms with Gasteiger partial charge in [-0.1, -0.05) is 11.6 Å². The molecular formula is C12H12N2. The molecular weight excluding hydrogens is 172 g/mol. The highest BCUT2D eigenvalue weighted by Gasteiger charge is 2.11. The highest BCUT2D eigenvalue weighted by molar-refractivity contribution is 5.82. The number of hydrogen-bond donors (Lipinski definition) is 1. The Balaban J connectivity index is 2.33. The Morgan fingerprint density at radius 3 is 3.14 bits per heavy atom. The van der Waals surface area contributed by atoms with Crippen LogP contribution in [0, 0.1) is 6.92 Å². The molecule has 0 saturated carbocycles. The molecule has 70 valence electrons. The van der Waals surface area contributed by atoms with Crippen LogP contribution in [0.25, 0.3) is 10.9 Å². The zero-order chi connectivity index (χ0) is 9.54. The topological polar surface area (TPSA) is 24.9 Å². The number of pyridine rings is 1. The molecule has 0 unspecified atom stereocenters. The van der Waals surface area contributed by atoms with E-state index >= 15 is 0 Å². The van der Waals surface area contributed by atoms with Crippen LogP contribution < -0.4 is 5.32 Å². The summed E-state index contributed by atoms with van der Waals surface area (Å²) in [5.74, 6) is 1.07. The molecule has 0 bridgehead atoms. The predicted octanol–water partition coefficient (Wildman–Crippen LogP) is 2.51. The van der Waals surface area contributed by atoms with Gasteiger partial charge in [0.1, 0.15) is 5.82 Å². The Labute approximate surface area is 83.0 Å². The number of benzene rings is 1. The van der Waals surface area contributed by atoms with Crippen LogP contribution in [0.1, 0.15) is 11.1 Å². The van der Waals surface area contributed by atoms with Gasteiger partial charge in [0.15, 0.2) is 0 Å². The van der Waals surface area contributed by atoms with Gasteiger partial charge in [0, 0.05) is 11.9 Å². The SMILES string of the molecule is Cc1ccc2nc3c(cc2c1)CCN3. The molecule has 2 heteroatoms. The van der Waals surface area contributed by atoms with Gasteiger partial charge in [0.2, 0.25) is 0 Å². The number of rotatable bonds is 0. The number of fused-ring (bicyclic) bond motifs is 2. The quantitative estimate of drug-likeness (QED) is 0.680. The normalized spacial score (nSPS) is 14.1. The van der Waals surface area contributed by atoms with E-state index in [-0.39, 0.29) is 0 Å². The monoisotopic (exact) mass is 184 g/mol. The van der Waals surface area contributed by atoms with Crippen LogP contribution in [0.2, 0.25) is 0 Å². The van der Waals surface area contributed by atoms with Gasteiger partial charge >= 0.3 is 0 Å². The standard InChI is InChI=1S/C12H12N2/c1-8-2-3-11-10(6-8)7-9-4-5-13-12(9)14-11/h2-3,6-7H,4-5H2,1H3,(H,13,14). The molecule has 2 aromatic rings. The van der Waals surface area contributed by atoms with Crippen molar-refractivity contribution in [3.05, 3.63) is 35.4 Å². The molecule has 0 amide bonds. The molecule has 2 heterocycles. The Kier molecular flexibility index (Phi) is 1.51. The highest BCUT2D eigenvalue weighted by Crippen LogP contribution is 2.24. The number of aryl methyl sites for hydroxylation is 1. The zero-order valence-corrected chi connectivity index (χ0v) is 8.17. The summed E-state index contributed by atoms with van der Waals surface area (Å²) in [7, 11) is 0. The maximum Gasteiger partial charge on any atom is 0.129 e. The minimum absolute atomic E-state index is 1.03. The summed E-state index contributed by atoms with van der Waals surface area (Å²) in [5.41, 5.74) is 3.73. The first-order valence-corrected chi connectivity index (χ1v) is 4.97. The summed E-state index contributed by atoms with van der Waals surface area (Å²) in [6.45, 7) is 3.14. The lowest BCUT2D eigenvalue weighted by atomic mass is 10.1. The average Bonchev–Trinajstić information content (AvgIpc) is 2.61. The Hall–Kier alpha value is -1.57. The molecule has 0 fully saturated rings. The van der Waals surface area contributed by atoms with E-state index in [2.05, 4.69) is 41.5 Å². The maximum atomic E-state index is 4.59. The first-order chi connectivity index (χ1) is 6.83. The van der Waals surface area contributed by atoms with Gasteiger partial charge in [0.05, 0.1) is 5.52 Å². The second kappa shape index (κ2) is 2.71. The van der Waals surface area contributed by atoms with Crippen LogP contribution in [0.4, 0.5) is 5.82 Å². The Bertz CT molecular complexity index is 503. The van der Waals surface area contributed by atoms with Crippen molar-refractivity contribution in [3.8, 4) is 0 Å². The molecule has 0 saturated heterocycles. The van der Waals surface area contributed by atoms with E-state index in [1.807, 2.05) is 0 Å². The van der Waals surface area contributed by atoms with E-state index in [0.29, 0.717) is 0 Å². The summed E-state index contributed by atoms with van der Waals surface area (Å²) in [4.78, 5) is 4.59. The van der Waals surface area contributed by atoms with Gasteiger partial charge in [0.25, 0.3) is 0 Å². The number of hydrogen-bond acceptors (Lipinski definition) is 2. The number of anilines is 1. The van der Waals surface area contributed by atoms with E-state index in [0.717, 1.165) is 24.3 Å². The fourth-order valence-electron chi connectivity index (χ4n) is 2.00. The molecule has 0 radical (unpaired) electrons. The maximum absolute atomic E-state index is 4.59. The lowest BCUT2D eigenvalue weighted by Crippen LogP contribution is -1.93. The van der Waals surface area contributed by atoms with Gasteiger partial charge in [-0.05, 0) is 37.1 Å². The van der Waals surface area contributed by atoms with Gasteiger partial charge in [-0.3, -0.25) is 0 Å². The van der Waals surface area contributed by atoms with Gasteiger partial charge in [-0.25, -0.2) is 4.98 Å². The largest absolute Gasteiger partial charge is 0.369 e. The number of nitrogens with zero attached hydrogens (tertiary/aromatic N) is 1. The van der Waals surface area contributed by atoms with E-state index < -0.39 is 0 Å². The molecule has 14 heavy (non-hydrogen) atoms. The van der Waals surface area contributed by atoms with Crippen molar-refractivity contribution in [1.82, 2.24) is 4.98 Å². The summed E-state index contributed by atoms with van der Waals surface area (Å²) < 4.78 is 0. The van der Waals surface area contributed by atoms with Crippen molar-refractivity contribution in [2.24, 2.45) is 0 Å². The van der Waals surface area contributed by atoms with Crippen molar-refractivity contribution < 1.29 is 0 Å².